The summed E-state index contributed by atoms with van der Waals surface area (Å²) < 4.78 is 27.0. The number of aromatic nitrogens is 2. The molecule has 0 aliphatic carbocycles. The molecule has 2 aliphatic rings. The molecule has 0 radical (unpaired) electrons. The van der Waals surface area contributed by atoms with Gasteiger partial charge in [-0.2, -0.15) is 5.26 Å². The van der Waals surface area contributed by atoms with Gasteiger partial charge in [-0.1, -0.05) is 6.07 Å². The topological polar surface area (TPSA) is 143 Å². The van der Waals surface area contributed by atoms with Gasteiger partial charge in [-0.3, -0.25) is 10.5 Å². The minimum Gasteiger partial charge on any atom is -0.493 e. The van der Waals surface area contributed by atoms with Gasteiger partial charge in [0.05, 0.1) is 38.7 Å². The Balaban J connectivity index is 1.68. The van der Waals surface area contributed by atoms with E-state index in [1.807, 2.05) is 0 Å². The Kier molecular flexibility index (Phi) is 6.25. The van der Waals surface area contributed by atoms with Gasteiger partial charge in [0.2, 0.25) is 11.8 Å². The normalized spacial score (nSPS) is 20.2. The smallest absolute Gasteiger partial charge is 0.415 e. The summed E-state index contributed by atoms with van der Waals surface area (Å²) in [6, 6.07) is 7.21. The predicted molar refractivity (Wildman–Crippen MR) is 110 cm³/mol. The van der Waals surface area contributed by atoms with Crippen molar-refractivity contribution in [1.82, 2.24) is 15.1 Å². The zero-order valence-electron chi connectivity index (χ0n) is 17.7. The molecular weight excluding hydrogens is 418 g/mol. The first-order valence-electron chi connectivity index (χ1n) is 10.0. The summed E-state index contributed by atoms with van der Waals surface area (Å²) in [5.74, 6) is -0.784. The Morgan fingerprint density at radius 3 is 2.81 bits per heavy atom. The maximum absolute atomic E-state index is 12.5. The number of hydrogen-bond acceptors (Lipinski definition) is 9. The molecule has 11 nitrogen and oxygen atoms in total. The fourth-order valence-corrected chi connectivity index (χ4v) is 3.87. The second-order valence-electron chi connectivity index (χ2n) is 7.28. The molecule has 0 bridgehead atoms. The summed E-state index contributed by atoms with van der Waals surface area (Å²) in [7, 11) is 3.02. The third-order valence-electron chi connectivity index (χ3n) is 5.42. The number of benzene rings is 1. The number of H-pyrrole nitrogens is 1. The van der Waals surface area contributed by atoms with Crippen LogP contribution in [0, 0.1) is 22.7 Å². The summed E-state index contributed by atoms with van der Waals surface area (Å²) in [4.78, 5) is 14.1. The largest absolute Gasteiger partial charge is 0.493 e. The zero-order chi connectivity index (χ0) is 22.7. The summed E-state index contributed by atoms with van der Waals surface area (Å²) >= 11 is 0. The van der Waals surface area contributed by atoms with Crippen LogP contribution in [0.5, 0.6) is 17.4 Å². The molecule has 0 spiro atoms. The van der Waals surface area contributed by atoms with E-state index < -0.39 is 17.9 Å². The highest BCUT2D eigenvalue weighted by Gasteiger charge is 2.41. The van der Waals surface area contributed by atoms with Crippen molar-refractivity contribution in [3.63, 3.8) is 0 Å². The molecule has 168 valence electrons. The fraction of sp³-hybridized carbons (Fsp3) is 0.429. The monoisotopic (exact) mass is 441 g/mol. The lowest BCUT2D eigenvalue weighted by Gasteiger charge is -2.29. The molecular formula is C21H23N5O6. The average Bonchev–Trinajstić information content (AvgIpc) is 3.21. The van der Waals surface area contributed by atoms with Crippen LogP contribution in [0.3, 0.4) is 0 Å². The van der Waals surface area contributed by atoms with E-state index in [4.69, 9.17) is 29.1 Å². The molecule has 1 amide bonds. The Bertz CT molecular complexity index is 1060. The Hall–Kier alpha value is -3.62. The Morgan fingerprint density at radius 1 is 1.34 bits per heavy atom. The van der Waals surface area contributed by atoms with Gasteiger partial charge in [-0.05, 0) is 17.7 Å². The van der Waals surface area contributed by atoms with Crippen LogP contribution in [0.1, 0.15) is 22.7 Å². The van der Waals surface area contributed by atoms with E-state index in [2.05, 4.69) is 16.3 Å². The van der Waals surface area contributed by atoms with Crippen molar-refractivity contribution in [2.45, 2.75) is 12.5 Å². The van der Waals surface area contributed by atoms with E-state index in [9.17, 15) is 10.1 Å². The number of hydrogen-bond donors (Lipinski definition) is 2. The van der Waals surface area contributed by atoms with Crippen molar-refractivity contribution in [3.8, 4) is 23.4 Å². The number of nitrogens with one attached hydrogen (secondary N) is 2. The summed E-state index contributed by atoms with van der Waals surface area (Å²) in [6.45, 7) is 2.08. The number of amides is 1. The molecule has 1 fully saturated rings. The molecule has 0 saturated carbocycles. The number of fused-ring (bicyclic) bond motifs is 1. The molecule has 11 heteroatoms. The van der Waals surface area contributed by atoms with E-state index in [0.717, 1.165) is 0 Å². The van der Waals surface area contributed by atoms with E-state index in [1.54, 1.807) is 30.2 Å². The van der Waals surface area contributed by atoms with E-state index >= 15 is 0 Å². The first-order chi connectivity index (χ1) is 15.6. The van der Waals surface area contributed by atoms with Gasteiger partial charge in [0.25, 0.3) is 0 Å². The van der Waals surface area contributed by atoms with Crippen LogP contribution in [-0.4, -0.2) is 67.6 Å². The second kappa shape index (κ2) is 9.25. The molecule has 2 aromatic rings. The molecule has 2 aliphatic heterocycles. The summed E-state index contributed by atoms with van der Waals surface area (Å²) in [6.07, 6.45) is -0.485. The number of aromatic amines is 1. The number of morpholine rings is 1. The minimum absolute atomic E-state index is 0.192. The van der Waals surface area contributed by atoms with E-state index in [-0.39, 0.29) is 24.1 Å². The molecule has 2 N–H and O–H groups in total. The van der Waals surface area contributed by atoms with E-state index in [0.29, 0.717) is 48.9 Å². The third-order valence-corrected chi connectivity index (χ3v) is 5.42. The molecule has 2 atom stereocenters. The zero-order valence-corrected chi connectivity index (χ0v) is 17.7. The maximum Gasteiger partial charge on any atom is 0.415 e. The van der Waals surface area contributed by atoms with Gasteiger partial charge in [0.1, 0.15) is 5.92 Å². The van der Waals surface area contributed by atoms with Crippen LogP contribution in [0.2, 0.25) is 0 Å². The highest BCUT2D eigenvalue weighted by atomic mass is 16.6. The van der Waals surface area contributed by atoms with Crippen LogP contribution in [0.15, 0.2) is 18.2 Å². The number of methoxy groups -OCH3 is 2. The quantitative estimate of drug-likeness (QED) is 0.718. The standard InChI is InChI=1S/C21H23N5O6/c1-28-11-14-18-17(13(10-22)19(23)32-20(18)25-24-14)12-3-4-15(16(9-12)29-2)31-21(27)26-5-7-30-8-6-26/h3-4,9,13,17,23H,5-8,11H2,1-2H3,(H,24,25). The molecule has 1 saturated heterocycles. The first-order valence-corrected chi connectivity index (χ1v) is 10.0. The predicted octanol–water partition coefficient (Wildman–Crippen LogP) is 2.04. The first kappa shape index (κ1) is 21.6. The number of ether oxygens (including phenoxy) is 5. The Morgan fingerprint density at radius 2 is 2.12 bits per heavy atom. The fourth-order valence-electron chi connectivity index (χ4n) is 3.87. The SMILES string of the molecule is COCc1[nH]nc2c1C(c1ccc(OC(=O)N3CCOCC3)c(OC)c1)C(C#N)C(=N)O2. The van der Waals surface area contributed by atoms with Crippen LogP contribution in [-0.2, 0) is 16.1 Å². The van der Waals surface area contributed by atoms with Gasteiger partial charge < -0.3 is 28.6 Å². The van der Waals surface area contributed by atoms with Crippen LogP contribution < -0.4 is 14.2 Å². The van der Waals surface area contributed by atoms with Gasteiger partial charge in [-0.15, -0.1) is 5.10 Å². The van der Waals surface area contributed by atoms with Crippen molar-refractivity contribution in [2.24, 2.45) is 5.92 Å². The highest BCUT2D eigenvalue weighted by Crippen LogP contribution is 2.44. The van der Waals surface area contributed by atoms with Crippen LogP contribution >= 0.6 is 0 Å². The third kappa shape index (κ3) is 3.98. The molecule has 1 aromatic carbocycles. The number of rotatable bonds is 5. The number of carbonyl (C=O) groups is 1. The van der Waals surface area contributed by atoms with Crippen molar-refractivity contribution in [2.75, 3.05) is 40.5 Å². The van der Waals surface area contributed by atoms with Crippen molar-refractivity contribution >= 4 is 12.0 Å². The number of nitrogens with zero attached hydrogens (tertiary/aromatic N) is 3. The van der Waals surface area contributed by atoms with Gasteiger partial charge in [0.15, 0.2) is 11.5 Å². The molecule has 1 aromatic heterocycles. The lowest BCUT2D eigenvalue weighted by molar-refractivity contribution is 0.0413. The summed E-state index contributed by atoms with van der Waals surface area (Å²) in [5, 5.41) is 24.9. The van der Waals surface area contributed by atoms with Gasteiger partial charge in [0, 0.05) is 31.7 Å². The van der Waals surface area contributed by atoms with Crippen LogP contribution in [0.4, 0.5) is 4.79 Å². The average molecular weight is 441 g/mol. The summed E-state index contributed by atoms with van der Waals surface area (Å²) in [5.41, 5.74) is 1.99. The van der Waals surface area contributed by atoms with Gasteiger partial charge in [-0.25, -0.2) is 4.79 Å². The number of nitriles is 1. The van der Waals surface area contributed by atoms with Gasteiger partial charge >= 0.3 is 6.09 Å². The minimum atomic E-state index is -0.873. The maximum atomic E-state index is 12.5. The highest BCUT2D eigenvalue weighted by molar-refractivity contribution is 5.85. The molecule has 3 heterocycles. The van der Waals surface area contributed by atoms with Crippen LogP contribution in [0.25, 0.3) is 0 Å². The second-order valence-corrected chi connectivity index (χ2v) is 7.28. The van der Waals surface area contributed by atoms with E-state index in [1.165, 1.54) is 7.11 Å². The Labute approximate surface area is 184 Å². The lowest BCUT2D eigenvalue weighted by Crippen LogP contribution is -2.42. The van der Waals surface area contributed by atoms with Crippen molar-refractivity contribution in [3.05, 3.63) is 35.0 Å². The lowest BCUT2D eigenvalue weighted by atomic mass is 9.79. The molecule has 2 unspecified atom stereocenters. The van der Waals surface area contributed by atoms with Crippen molar-refractivity contribution in [1.29, 1.82) is 10.7 Å². The molecule has 4 rings (SSSR count). The molecule has 32 heavy (non-hydrogen) atoms. The van der Waals surface area contributed by atoms with Crippen molar-refractivity contribution < 1.29 is 28.5 Å². The number of carbonyl (C=O) groups excluding carboxylic acids is 1.